The maximum atomic E-state index is 14.1. The van der Waals surface area contributed by atoms with Crippen LogP contribution in [0.5, 0.6) is 0 Å². The van der Waals surface area contributed by atoms with Gasteiger partial charge in [-0.3, -0.25) is 14.4 Å². The predicted molar refractivity (Wildman–Crippen MR) is 177 cm³/mol. The Morgan fingerprint density at radius 2 is 1.78 bits per heavy atom. The number of halogens is 1. The van der Waals surface area contributed by atoms with Crippen LogP contribution in [0.3, 0.4) is 0 Å². The molecule has 4 atom stereocenters. The summed E-state index contributed by atoms with van der Waals surface area (Å²) in [7, 11) is 0. The van der Waals surface area contributed by atoms with Crippen LogP contribution in [0, 0.1) is 12.3 Å². The summed E-state index contributed by atoms with van der Waals surface area (Å²) in [5, 5.41) is 16.6. The number of ether oxygens (including phenoxy) is 1. The number of nitrogens with zero attached hydrogens (tertiary/aromatic N) is 2. The lowest BCUT2D eigenvalue weighted by molar-refractivity contribution is -0.147. The summed E-state index contributed by atoms with van der Waals surface area (Å²) >= 11 is 5.01. The molecule has 45 heavy (non-hydrogen) atoms. The number of β-amino-alcohol motifs (C(OH)–C–C–N with tert-alkyl or cyclic N) is 1. The second kappa shape index (κ2) is 13.3. The molecule has 3 aromatic rings. The molecule has 3 N–H and O–H groups in total. The Bertz CT molecular complexity index is 1530. The van der Waals surface area contributed by atoms with Crippen molar-refractivity contribution in [2.45, 2.75) is 90.3 Å². The van der Waals surface area contributed by atoms with Gasteiger partial charge in [-0.05, 0) is 60.9 Å². The number of rotatable bonds is 10. The van der Waals surface area contributed by atoms with Gasteiger partial charge in [0.1, 0.15) is 17.7 Å². The van der Waals surface area contributed by atoms with Crippen molar-refractivity contribution in [3.8, 4) is 10.4 Å². The van der Waals surface area contributed by atoms with Crippen LogP contribution in [-0.2, 0) is 25.7 Å². The van der Waals surface area contributed by atoms with E-state index in [0.717, 1.165) is 31.7 Å². The average molecular weight is 698 g/mol. The van der Waals surface area contributed by atoms with Gasteiger partial charge in [0.05, 0.1) is 34.8 Å². The Labute approximate surface area is 276 Å². The van der Waals surface area contributed by atoms with Crippen LogP contribution in [0.2, 0.25) is 0 Å². The zero-order chi connectivity index (χ0) is 32.5. The molecule has 3 amide bonds. The Morgan fingerprint density at radius 1 is 1.11 bits per heavy atom. The second-order valence-electron chi connectivity index (χ2n) is 13.2. The fraction of sp³-hybridized carbons (Fsp3) is 0.471. The van der Waals surface area contributed by atoms with Crippen molar-refractivity contribution in [3.63, 3.8) is 0 Å². The maximum Gasteiger partial charge on any atom is 0.252 e. The molecule has 1 saturated heterocycles. The largest absolute Gasteiger partial charge is 0.391 e. The van der Waals surface area contributed by atoms with Gasteiger partial charge in [0.25, 0.3) is 5.91 Å². The van der Waals surface area contributed by atoms with Crippen molar-refractivity contribution in [1.29, 1.82) is 0 Å². The third kappa shape index (κ3) is 7.65. The highest BCUT2D eigenvalue weighted by Gasteiger charge is 2.54. The number of nitrogens with one attached hydrogen (secondary N) is 2. The Balaban J connectivity index is 1.24. The fourth-order valence-electron chi connectivity index (χ4n) is 5.63. The van der Waals surface area contributed by atoms with Crippen LogP contribution in [0.1, 0.15) is 69.8 Å². The minimum atomic E-state index is -0.984. The quantitative estimate of drug-likeness (QED) is 0.265. The molecule has 9 nitrogen and oxygen atoms in total. The van der Waals surface area contributed by atoms with Crippen molar-refractivity contribution in [3.05, 3.63) is 75.3 Å². The summed E-state index contributed by atoms with van der Waals surface area (Å²) in [6, 6.07) is 13.6. The molecule has 1 saturated carbocycles. The first kappa shape index (κ1) is 33.2. The van der Waals surface area contributed by atoms with E-state index in [4.69, 9.17) is 4.74 Å². The molecule has 2 heterocycles. The van der Waals surface area contributed by atoms with Crippen molar-refractivity contribution in [2.24, 2.45) is 5.41 Å². The number of carbonyl (C=O) groups excluding carboxylic acids is 3. The second-order valence-corrected chi connectivity index (χ2v) is 15.0. The first-order valence-corrected chi connectivity index (χ1v) is 16.9. The highest BCUT2D eigenvalue weighted by Crippen LogP contribution is 2.41. The smallest absolute Gasteiger partial charge is 0.252 e. The van der Waals surface area contributed by atoms with Crippen molar-refractivity contribution >= 4 is 45.0 Å². The van der Waals surface area contributed by atoms with Gasteiger partial charge in [0, 0.05) is 17.4 Å². The van der Waals surface area contributed by atoms with Gasteiger partial charge >= 0.3 is 0 Å². The van der Waals surface area contributed by atoms with Gasteiger partial charge < -0.3 is 25.4 Å². The summed E-state index contributed by atoms with van der Waals surface area (Å²) < 4.78 is 7.04. The normalized spacial score (nSPS) is 20.4. The highest BCUT2D eigenvalue weighted by molar-refractivity contribution is 9.10. The van der Waals surface area contributed by atoms with Gasteiger partial charge in [-0.15, -0.1) is 11.3 Å². The summed E-state index contributed by atoms with van der Waals surface area (Å²) in [5.41, 5.74) is 4.09. The number of benzene rings is 2. The number of aliphatic hydroxyl groups excluding tert-OH is 1. The van der Waals surface area contributed by atoms with Gasteiger partial charge in [-0.25, -0.2) is 4.98 Å². The van der Waals surface area contributed by atoms with Gasteiger partial charge in [0.15, 0.2) is 0 Å². The van der Waals surface area contributed by atoms with Crippen LogP contribution in [0.15, 0.2) is 58.5 Å². The summed E-state index contributed by atoms with van der Waals surface area (Å²) in [6.45, 7) is 9.79. The number of likely N-dealkylation sites (tertiary alicyclic amines) is 1. The van der Waals surface area contributed by atoms with Crippen LogP contribution < -0.4 is 10.6 Å². The molecule has 11 heteroatoms. The van der Waals surface area contributed by atoms with E-state index in [2.05, 4.69) is 31.5 Å². The first-order valence-electron chi connectivity index (χ1n) is 15.3. The van der Waals surface area contributed by atoms with E-state index < -0.39 is 35.1 Å². The molecular weight excluding hydrogens is 656 g/mol. The van der Waals surface area contributed by atoms with E-state index >= 15 is 0 Å². The predicted octanol–water partition coefficient (Wildman–Crippen LogP) is 5.30. The number of thiazole rings is 1. The van der Waals surface area contributed by atoms with Crippen LogP contribution >= 0.6 is 27.3 Å². The van der Waals surface area contributed by atoms with Crippen molar-refractivity contribution in [2.75, 3.05) is 6.54 Å². The highest BCUT2D eigenvalue weighted by atomic mass is 79.9. The van der Waals surface area contributed by atoms with E-state index in [1.54, 1.807) is 11.3 Å². The molecule has 1 aromatic heterocycles. The zero-order valence-corrected chi connectivity index (χ0v) is 28.7. The molecule has 2 aliphatic rings. The molecule has 0 radical (unpaired) electrons. The molecule has 2 aromatic carbocycles. The summed E-state index contributed by atoms with van der Waals surface area (Å²) in [5.74, 6) is -1.07. The van der Waals surface area contributed by atoms with Crippen molar-refractivity contribution < 1.29 is 24.2 Å². The summed E-state index contributed by atoms with van der Waals surface area (Å²) in [4.78, 5) is 48.0. The van der Waals surface area contributed by atoms with E-state index in [-0.39, 0.29) is 37.4 Å². The van der Waals surface area contributed by atoms with E-state index in [0.29, 0.717) is 12.8 Å². The SMILES string of the molecule is Cc1ncsc1-c1ccc([C@H](C)NC(=O)[C@@H]2CC(O)CN2C(=O)[C@@H](NC(=O)C2(OCc3ccc(Br)cc3)CC2)C(C)(C)C)cc1. The molecule has 240 valence electrons. The Hall–Kier alpha value is -3.12. The van der Waals surface area contributed by atoms with Crippen LogP contribution in [0.4, 0.5) is 0 Å². The number of hydrogen-bond acceptors (Lipinski definition) is 7. The molecule has 5 rings (SSSR count). The number of aromatic nitrogens is 1. The minimum absolute atomic E-state index is 0.0157. The third-order valence-corrected chi connectivity index (χ3v) is 10.1. The number of carbonyl (C=O) groups is 3. The molecule has 0 spiro atoms. The van der Waals surface area contributed by atoms with E-state index in [9.17, 15) is 19.5 Å². The van der Waals surface area contributed by atoms with E-state index in [1.165, 1.54) is 4.90 Å². The lowest BCUT2D eigenvalue weighted by Crippen LogP contribution is -2.59. The maximum absolute atomic E-state index is 14.1. The minimum Gasteiger partial charge on any atom is -0.391 e. The first-order chi connectivity index (χ1) is 21.3. The topological polar surface area (TPSA) is 121 Å². The van der Waals surface area contributed by atoms with Gasteiger partial charge in [0.2, 0.25) is 11.8 Å². The Kier molecular flexibility index (Phi) is 9.84. The monoisotopic (exact) mass is 696 g/mol. The van der Waals surface area contributed by atoms with Gasteiger partial charge in [-0.1, -0.05) is 73.1 Å². The zero-order valence-electron chi connectivity index (χ0n) is 26.3. The van der Waals surface area contributed by atoms with Crippen LogP contribution in [0.25, 0.3) is 10.4 Å². The number of aryl methyl sites for hydroxylation is 1. The standard InChI is InChI=1S/C34H41BrN4O5S/c1-20(23-8-10-24(11-9-23)28-21(2)36-19-45-28)37-30(41)27-16-26(40)17-39(27)31(42)29(33(3,4)5)38-32(43)34(14-15-34)44-18-22-6-12-25(35)13-7-22/h6-13,19-20,26-27,29,40H,14-18H2,1-5H3,(H,37,41)(H,38,43)/t20-,26?,27-,29+/m0/s1. The van der Waals surface area contributed by atoms with Crippen molar-refractivity contribution in [1.82, 2.24) is 20.5 Å². The lowest BCUT2D eigenvalue weighted by atomic mass is 9.85. The molecule has 1 unspecified atom stereocenters. The molecule has 0 bridgehead atoms. The number of amides is 3. The number of aliphatic hydroxyl groups is 1. The molecular formula is C34H41BrN4O5S. The molecule has 1 aliphatic carbocycles. The van der Waals surface area contributed by atoms with Gasteiger partial charge in [-0.2, -0.15) is 0 Å². The molecule has 1 aliphatic heterocycles. The van der Waals surface area contributed by atoms with Crippen LogP contribution in [-0.4, -0.2) is 63.0 Å². The van der Waals surface area contributed by atoms with E-state index in [1.807, 2.05) is 88.7 Å². The average Bonchev–Trinajstić information content (AvgIpc) is 3.51. The fourth-order valence-corrected chi connectivity index (χ4v) is 6.71. The summed E-state index contributed by atoms with van der Waals surface area (Å²) in [6.07, 6.45) is 0.411. The third-order valence-electron chi connectivity index (χ3n) is 8.58. The number of hydrogen-bond donors (Lipinski definition) is 3. The molecule has 2 fully saturated rings. The lowest BCUT2D eigenvalue weighted by Gasteiger charge is -2.36. The Morgan fingerprint density at radius 3 is 2.36 bits per heavy atom.